The highest BCUT2D eigenvalue weighted by Crippen LogP contribution is 2.37. The Morgan fingerprint density at radius 2 is 1.86 bits per heavy atom. The van der Waals surface area contributed by atoms with Gasteiger partial charge in [0.2, 0.25) is 0 Å². The lowest BCUT2D eigenvalue weighted by atomic mass is 9.89. The molecule has 6 nitrogen and oxygen atoms in total. The molecule has 21 heavy (non-hydrogen) atoms. The molecule has 1 saturated heterocycles. The highest BCUT2D eigenvalue weighted by atomic mass is 16.7. The summed E-state index contributed by atoms with van der Waals surface area (Å²) in [7, 11) is -0.532. The molecule has 2 rings (SSSR count). The summed E-state index contributed by atoms with van der Waals surface area (Å²) in [6, 6.07) is 1.72. The van der Waals surface area contributed by atoms with Gasteiger partial charge in [-0.2, -0.15) is 0 Å². The summed E-state index contributed by atoms with van der Waals surface area (Å²) in [4.78, 5) is 14.3. The summed E-state index contributed by atoms with van der Waals surface area (Å²) in [6.07, 6.45) is 3.10. The molecule has 0 amide bonds. The van der Waals surface area contributed by atoms with Crippen molar-refractivity contribution in [1.82, 2.24) is 4.98 Å². The lowest BCUT2D eigenvalue weighted by Gasteiger charge is -2.32. The summed E-state index contributed by atoms with van der Waals surface area (Å²) < 4.78 is 11.6. The maximum Gasteiger partial charge on any atom is 0.487 e. The van der Waals surface area contributed by atoms with Crippen molar-refractivity contribution >= 4 is 19.0 Å². The van der Waals surface area contributed by atoms with Gasteiger partial charge < -0.3 is 19.4 Å². The van der Waals surface area contributed by atoms with E-state index in [1.54, 1.807) is 18.1 Å². The molecule has 0 aromatic carbocycles. The van der Waals surface area contributed by atoms with Gasteiger partial charge in [-0.3, -0.25) is 0 Å². The molecule has 1 aliphatic rings. The minimum Gasteiger partial charge on any atom is -0.400 e. The molecular weight excluding hydrogens is 271 g/mol. The largest absolute Gasteiger partial charge is 0.487 e. The van der Waals surface area contributed by atoms with Crippen LogP contribution in [0.3, 0.4) is 0 Å². The molecule has 0 spiro atoms. The second kappa shape index (κ2) is 5.24. The molecule has 0 radical (unpaired) electrons. The van der Waals surface area contributed by atoms with Crippen molar-refractivity contribution in [2.45, 2.75) is 45.8 Å². The average Bonchev–Trinajstić information content (AvgIpc) is 2.55. The van der Waals surface area contributed by atoms with E-state index in [9.17, 15) is 10.1 Å². The first-order chi connectivity index (χ1) is 9.62. The van der Waals surface area contributed by atoms with Crippen molar-refractivity contribution in [3.8, 4) is 0 Å². The number of hydrogen-bond donors (Lipinski definition) is 0. The number of hydrogen-bond acceptors (Lipinski definition) is 5. The normalized spacial score (nSPS) is 20.1. The van der Waals surface area contributed by atoms with Gasteiger partial charge in [0.25, 0.3) is 0 Å². The Labute approximate surface area is 124 Å². The molecule has 1 fully saturated rings. The minimum absolute atomic E-state index is 0.173. The monoisotopic (exact) mass is 290 g/mol. The van der Waals surface area contributed by atoms with Crippen LogP contribution in [0.25, 0.3) is 6.08 Å². The van der Waals surface area contributed by atoms with Gasteiger partial charge in [-0.05, 0) is 56.2 Å². The van der Waals surface area contributed by atoms with E-state index in [1.807, 2.05) is 34.6 Å². The van der Waals surface area contributed by atoms with Crippen molar-refractivity contribution in [1.29, 1.82) is 0 Å². The summed E-state index contributed by atoms with van der Waals surface area (Å²) in [6.45, 7) is 9.66. The van der Waals surface area contributed by atoms with Crippen molar-refractivity contribution in [2.24, 2.45) is 0 Å². The molecule has 0 bridgehead atoms. The van der Waals surface area contributed by atoms with E-state index in [1.165, 1.54) is 6.20 Å². The number of nitro groups is 1. The Morgan fingerprint density at radius 1 is 1.29 bits per heavy atom. The molecule has 1 aromatic heterocycles. The van der Waals surface area contributed by atoms with Gasteiger partial charge >= 0.3 is 12.9 Å². The molecule has 0 unspecified atom stereocenters. The molecule has 7 heteroatoms. The fraction of sp³-hybridized carbons (Fsp3) is 0.500. The topological polar surface area (TPSA) is 74.5 Å². The maximum absolute atomic E-state index is 11.0. The van der Waals surface area contributed by atoms with E-state index in [0.717, 1.165) is 5.56 Å². The molecule has 0 aliphatic carbocycles. The Balaban J connectivity index is 2.24. The summed E-state index contributed by atoms with van der Waals surface area (Å²) in [5.41, 5.74) is 0.432. The fourth-order valence-electron chi connectivity index (χ4n) is 2.01. The van der Waals surface area contributed by atoms with Crippen LogP contribution in [-0.2, 0) is 9.31 Å². The zero-order chi connectivity index (χ0) is 15.8. The first-order valence-electron chi connectivity index (χ1n) is 6.77. The standard InChI is InChI=1S/C14H19BN2O4/c1-10-8-11(12(16-9-10)17(18)19)6-7-15-20-13(2,3)14(4,5)21-15/h6-9H,1-5H3/b7-6+. The third-order valence-corrected chi connectivity index (χ3v) is 3.91. The molecule has 0 N–H and O–H groups in total. The predicted octanol–water partition coefficient (Wildman–Crippen LogP) is 2.94. The number of rotatable bonds is 3. The summed E-state index contributed by atoms with van der Waals surface area (Å²) in [5, 5.41) is 11.0. The second-order valence-corrected chi connectivity index (χ2v) is 6.17. The highest BCUT2D eigenvalue weighted by molar-refractivity contribution is 6.52. The lowest BCUT2D eigenvalue weighted by Crippen LogP contribution is -2.41. The van der Waals surface area contributed by atoms with Crippen LogP contribution in [0.15, 0.2) is 18.2 Å². The van der Waals surface area contributed by atoms with Crippen LogP contribution in [0.1, 0.15) is 38.8 Å². The van der Waals surface area contributed by atoms with Gasteiger partial charge in [-0.15, -0.1) is 0 Å². The van der Waals surface area contributed by atoms with Crippen molar-refractivity contribution in [2.75, 3.05) is 0 Å². The van der Waals surface area contributed by atoms with E-state index in [0.29, 0.717) is 5.56 Å². The van der Waals surface area contributed by atoms with Crippen molar-refractivity contribution in [3.05, 3.63) is 39.5 Å². The van der Waals surface area contributed by atoms with Crippen LogP contribution in [0.4, 0.5) is 5.82 Å². The maximum atomic E-state index is 11.0. The van der Waals surface area contributed by atoms with Gasteiger partial charge in [0.1, 0.15) is 6.20 Å². The van der Waals surface area contributed by atoms with Gasteiger partial charge in [-0.25, -0.2) is 0 Å². The fourth-order valence-corrected chi connectivity index (χ4v) is 2.01. The zero-order valence-corrected chi connectivity index (χ0v) is 12.9. The van der Waals surface area contributed by atoms with Crippen LogP contribution < -0.4 is 0 Å². The average molecular weight is 290 g/mol. The Morgan fingerprint density at radius 3 is 2.38 bits per heavy atom. The van der Waals surface area contributed by atoms with Gasteiger partial charge in [0, 0.05) is 0 Å². The molecule has 0 atom stereocenters. The quantitative estimate of drug-likeness (QED) is 0.486. The van der Waals surface area contributed by atoms with Gasteiger partial charge in [0.15, 0.2) is 0 Å². The summed E-state index contributed by atoms with van der Waals surface area (Å²) >= 11 is 0. The number of nitrogens with zero attached hydrogens (tertiary/aromatic N) is 2. The van der Waals surface area contributed by atoms with Crippen molar-refractivity contribution < 1.29 is 14.2 Å². The SMILES string of the molecule is Cc1cnc([N+](=O)[O-])c(/C=C/B2OC(C)(C)C(C)(C)O2)c1. The van der Waals surface area contributed by atoms with E-state index >= 15 is 0 Å². The third-order valence-electron chi connectivity index (χ3n) is 3.91. The van der Waals surface area contributed by atoms with Gasteiger partial charge in [0.05, 0.1) is 16.8 Å². The zero-order valence-electron chi connectivity index (χ0n) is 12.9. The molecule has 0 saturated carbocycles. The predicted molar refractivity (Wildman–Crippen MR) is 80.7 cm³/mol. The molecule has 1 aromatic rings. The number of pyridine rings is 1. The van der Waals surface area contributed by atoms with Crippen LogP contribution in [0.2, 0.25) is 0 Å². The van der Waals surface area contributed by atoms with E-state index < -0.39 is 23.2 Å². The molecule has 1 aliphatic heterocycles. The number of aromatic nitrogens is 1. The first kappa shape index (κ1) is 15.7. The van der Waals surface area contributed by atoms with Crippen LogP contribution in [-0.4, -0.2) is 28.2 Å². The van der Waals surface area contributed by atoms with Crippen LogP contribution >= 0.6 is 0 Å². The Hall–Kier alpha value is -1.73. The van der Waals surface area contributed by atoms with Crippen LogP contribution in [0, 0.1) is 17.0 Å². The highest BCUT2D eigenvalue weighted by Gasteiger charge is 2.50. The molecule has 112 valence electrons. The van der Waals surface area contributed by atoms with Crippen LogP contribution in [0.5, 0.6) is 0 Å². The van der Waals surface area contributed by atoms with E-state index in [2.05, 4.69) is 4.98 Å². The third kappa shape index (κ3) is 3.14. The Bertz CT molecular complexity index is 583. The Kier molecular flexibility index (Phi) is 3.90. The van der Waals surface area contributed by atoms with E-state index in [-0.39, 0.29) is 5.82 Å². The molecular formula is C14H19BN2O4. The second-order valence-electron chi connectivity index (χ2n) is 6.17. The van der Waals surface area contributed by atoms with E-state index in [4.69, 9.17) is 9.31 Å². The van der Waals surface area contributed by atoms with Gasteiger partial charge in [-0.1, -0.05) is 12.1 Å². The lowest BCUT2D eigenvalue weighted by molar-refractivity contribution is -0.389. The first-order valence-corrected chi connectivity index (χ1v) is 6.77. The molecule has 2 heterocycles. The smallest absolute Gasteiger partial charge is 0.400 e. The minimum atomic E-state index is -0.532. The summed E-state index contributed by atoms with van der Waals surface area (Å²) in [5.74, 6) is 1.51. The number of aryl methyl sites for hydroxylation is 1. The van der Waals surface area contributed by atoms with Crippen molar-refractivity contribution in [3.63, 3.8) is 0 Å².